The van der Waals surface area contributed by atoms with Crippen molar-refractivity contribution in [2.75, 3.05) is 12.0 Å². The number of carboxylic acid groups (broad SMARTS) is 1. The first-order valence-electron chi connectivity index (χ1n) is 5.59. The van der Waals surface area contributed by atoms with Crippen LogP contribution in [0.2, 0.25) is 0 Å². The van der Waals surface area contributed by atoms with Crippen molar-refractivity contribution in [1.82, 2.24) is 4.72 Å². The van der Waals surface area contributed by atoms with Gasteiger partial charge in [-0.1, -0.05) is 0 Å². The average Bonchev–Trinajstić information content (AvgIpc) is 2.29. The van der Waals surface area contributed by atoms with Gasteiger partial charge in [-0.2, -0.15) is 0 Å². The van der Waals surface area contributed by atoms with Gasteiger partial charge in [0.1, 0.15) is 4.90 Å². The predicted molar refractivity (Wildman–Crippen MR) is 72.0 cm³/mol. The summed E-state index contributed by atoms with van der Waals surface area (Å²) < 4.78 is 63.9. The van der Waals surface area contributed by atoms with Crippen molar-refractivity contribution in [2.24, 2.45) is 0 Å². The van der Waals surface area contributed by atoms with E-state index in [1.54, 1.807) is 0 Å². The SMILES string of the molecule is CC(CS(C)=O)NS(=O)(=O)c1cc(C(=O)O)cc(F)c1F. The Labute approximate surface area is 122 Å². The van der Waals surface area contributed by atoms with Gasteiger partial charge < -0.3 is 5.11 Å². The minimum Gasteiger partial charge on any atom is -0.478 e. The molecule has 0 spiro atoms. The van der Waals surface area contributed by atoms with Gasteiger partial charge in [0.15, 0.2) is 11.6 Å². The molecule has 21 heavy (non-hydrogen) atoms. The number of carboxylic acids is 1. The van der Waals surface area contributed by atoms with E-state index in [1.807, 2.05) is 4.72 Å². The van der Waals surface area contributed by atoms with Gasteiger partial charge in [-0.05, 0) is 19.1 Å². The molecule has 0 radical (unpaired) electrons. The van der Waals surface area contributed by atoms with Gasteiger partial charge in [-0.3, -0.25) is 4.21 Å². The molecule has 0 saturated carbocycles. The molecule has 0 aliphatic carbocycles. The van der Waals surface area contributed by atoms with Crippen LogP contribution in [-0.2, 0) is 20.8 Å². The summed E-state index contributed by atoms with van der Waals surface area (Å²) in [6.07, 6.45) is 1.36. The molecule has 1 rings (SSSR count). The monoisotopic (exact) mass is 341 g/mol. The van der Waals surface area contributed by atoms with Crippen LogP contribution < -0.4 is 4.72 Å². The Morgan fingerprint density at radius 1 is 1.43 bits per heavy atom. The molecule has 2 N–H and O–H groups in total. The summed E-state index contributed by atoms with van der Waals surface area (Å²) in [4.78, 5) is 9.66. The molecule has 0 fully saturated rings. The van der Waals surface area contributed by atoms with E-state index >= 15 is 0 Å². The van der Waals surface area contributed by atoms with E-state index in [-0.39, 0.29) is 5.75 Å². The van der Waals surface area contributed by atoms with Gasteiger partial charge in [-0.25, -0.2) is 26.7 Å². The molecule has 0 aliphatic rings. The molecular weight excluding hydrogens is 328 g/mol. The van der Waals surface area contributed by atoms with Crippen molar-refractivity contribution in [1.29, 1.82) is 0 Å². The Hall–Kier alpha value is -1.39. The van der Waals surface area contributed by atoms with Crippen LogP contribution in [0.4, 0.5) is 8.78 Å². The zero-order chi connectivity index (χ0) is 16.4. The van der Waals surface area contributed by atoms with Gasteiger partial charge in [0.05, 0.1) is 5.56 Å². The second kappa shape index (κ2) is 6.58. The van der Waals surface area contributed by atoms with Crippen molar-refractivity contribution in [3.8, 4) is 0 Å². The van der Waals surface area contributed by atoms with Crippen molar-refractivity contribution >= 4 is 26.8 Å². The van der Waals surface area contributed by atoms with Crippen molar-refractivity contribution < 1.29 is 31.3 Å². The van der Waals surface area contributed by atoms with E-state index in [2.05, 4.69) is 0 Å². The first-order chi connectivity index (χ1) is 9.54. The molecule has 0 saturated heterocycles. The highest BCUT2D eigenvalue weighted by molar-refractivity contribution is 7.89. The molecule has 1 aromatic rings. The van der Waals surface area contributed by atoms with E-state index in [9.17, 15) is 26.2 Å². The Kier molecular flexibility index (Phi) is 5.54. The first kappa shape index (κ1) is 17.7. The molecule has 2 atom stereocenters. The summed E-state index contributed by atoms with van der Waals surface area (Å²) in [5, 5.41) is 8.75. The van der Waals surface area contributed by atoms with Crippen LogP contribution in [0.3, 0.4) is 0 Å². The van der Waals surface area contributed by atoms with E-state index in [0.29, 0.717) is 12.1 Å². The molecule has 2 unspecified atom stereocenters. The highest BCUT2D eigenvalue weighted by Gasteiger charge is 2.26. The van der Waals surface area contributed by atoms with E-state index in [1.165, 1.54) is 13.2 Å². The lowest BCUT2D eigenvalue weighted by molar-refractivity contribution is 0.0696. The minimum absolute atomic E-state index is 0.0258. The molecule has 6 nitrogen and oxygen atoms in total. The van der Waals surface area contributed by atoms with Crippen LogP contribution in [-0.4, -0.2) is 41.8 Å². The van der Waals surface area contributed by atoms with Crippen LogP contribution in [0.5, 0.6) is 0 Å². The summed E-state index contributed by atoms with van der Waals surface area (Å²) in [5.74, 6) is -4.87. The summed E-state index contributed by atoms with van der Waals surface area (Å²) in [7, 11) is -5.77. The molecule has 0 aliphatic heterocycles. The zero-order valence-electron chi connectivity index (χ0n) is 11.1. The molecular formula is C11H13F2NO5S2. The molecule has 0 bridgehead atoms. The van der Waals surface area contributed by atoms with Gasteiger partial charge in [0, 0.05) is 28.9 Å². The lowest BCUT2D eigenvalue weighted by Gasteiger charge is -2.14. The Balaban J connectivity index is 3.25. The van der Waals surface area contributed by atoms with Crippen LogP contribution in [0.25, 0.3) is 0 Å². The van der Waals surface area contributed by atoms with Gasteiger partial charge in [-0.15, -0.1) is 0 Å². The van der Waals surface area contributed by atoms with E-state index in [0.717, 1.165) is 0 Å². The second-order valence-electron chi connectivity index (χ2n) is 4.34. The van der Waals surface area contributed by atoms with Crippen molar-refractivity contribution in [2.45, 2.75) is 17.9 Å². The van der Waals surface area contributed by atoms with Crippen LogP contribution in [0.15, 0.2) is 17.0 Å². The fourth-order valence-corrected chi connectivity index (χ4v) is 3.85. The number of halogens is 2. The number of rotatable bonds is 6. The van der Waals surface area contributed by atoms with Crippen molar-refractivity contribution in [3.05, 3.63) is 29.3 Å². The Morgan fingerprint density at radius 2 is 2.00 bits per heavy atom. The third-order valence-corrected chi connectivity index (χ3v) is 4.93. The number of nitrogens with one attached hydrogen (secondary N) is 1. The molecule has 1 aromatic carbocycles. The standard InChI is InChI=1S/C11H13F2NO5S2/c1-6(5-20(2)17)14-21(18,19)9-4-7(11(15)16)3-8(12)10(9)13/h3-4,6,14H,5H2,1-2H3,(H,15,16). The summed E-state index contributed by atoms with van der Waals surface area (Å²) in [6, 6.07) is 0.122. The smallest absolute Gasteiger partial charge is 0.335 e. The molecule has 10 heteroatoms. The number of hydrogen-bond acceptors (Lipinski definition) is 4. The maximum absolute atomic E-state index is 13.6. The van der Waals surface area contributed by atoms with Gasteiger partial charge >= 0.3 is 5.97 Å². The highest BCUT2D eigenvalue weighted by Crippen LogP contribution is 2.20. The maximum atomic E-state index is 13.6. The molecule has 118 valence electrons. The minimum atomic E-state index is -4.48. The average molecular weight is 341 g/mol. The lowest BCUT2D eigenvalue weighted by atomic mass is 10.2. The number of benzene rings is 1. The Morgan fingerprint density at radius 3 is 2.48 bits per heavy atom. The fourth-order valence-electron chi connectivity index (χ4n) is 1.60. The maximum Gasteiger partial charge on any atom is 0.335 e. The van der Waals surface area contributed by atoms with Crippen LogP contribution in [0.1, 0.15) is 17.3 Å². The first-order valence-corrected chi connectivity index (χ1v) is 8.80. The summed E-state index contributed by atoms with van der Waals surface area (Å²) >= 11 is 0. The topological polar surface area (TPSA) is 101 Å². The van der Waals surface area contributed by atoms with E-state index < -0.39 is 54.9 Å². The number of aromatic carboxylic acids is 1. The largest absolute Gasteiger partial charge is 0.478 e. The Bertz CT molecular complexity index is 690. The van der Waals surface area contributed by atoms with Gasteiger partial charge in [0.25, 0.3) is 0 Å². The highest BCUT2D eigenvalue weighted by atomic mass is 32.2. The third kappa shape index (κ3) is 4.55. The summed E-state index contributed by atoms with van der Waals surface area (Å²) in [6.45, 7) is 1.40. The van der Waals surface area contributed by atoms with Crippen LogP contribution in [0, 0.1) is 11.6 Å². The van der Waals surface area contributed by atoms with Crippen LogP contribution >= 0.6 is 0 Å². The number of sulfonamides is 1. The van der Waals surface area contributed by atoms with Crippen molar-refractivity contribution in [3.63, 3.8) is 0 Å². The van der Waals surface area contributed by atoms with Gasteiger partial charge in [0.2, 0.25) is 10.0 Å². The summed E-state index contributed by atoms with van der Waals surface area (Å²) in [5.41, 5.74) is -0.694. The quantitative estimate of drug-likeness (QED) is 0.794. The second-order valence-corrected chi connectivity index (χ2v) is 7.50. The van der Waals surface area contributed by atoms with E-state index in [4.69, 9.17) is 5.11 Å². The molecule has 0 heterocycles. The fraction of sp³-hybridized carbons (Fsp3) is 0.364. The third-order valence-electron chi connectivity index (χ3n) is 2.37. The number of hydrogen-bond donors (Lipinski definition) is 2. The number of carbonyl (C=O) groups is 1. The lowest BCUT2D eigenvalue weighted by Crippen LogP contribution is -2.36. The zero-order valence-corrected chi connectivity index (χ0v) is 12.7. The normalized spacial score (nSPS) is 14.7. The molecule has 0 aromatic heterocycles. The predicted octanol–water partition coefficient (Wildman–Crippen LogP) is 0.708. The molecule has 0 amide bonds.